The van der Waals surface area contributed by atoms with E-state index in [1.807, 2.05) is 24.1 Å². The summed E-state index contributed by atoms with van der Waals surface area (Å²) in [4.78, 5) is 25.7. The van der Waals surface area contributed by atoms with Crippen LogP contribution in [0, 0.1) is 0 Å². The molecule has 20 heavy (non-hydrogen) atoms. The van der Waals surface area contributed by atoms with E-state index in [0.717, 1.165) is 36.3 Å². The second-order valence-corrected chi connectivity index (χ2v) is 5.45. The maximum absolute atomic E-state index is 12.5. The summed E-state index contributed by atoms with van der Waals surface area (Å²) in [6.45, 7) is 1.57. The number of fused-ring (bicyclic) bond motifs is 1. The Kier molecular flexibility index (Phi) is 3.44. The van der Waals surface area contributed by atoms with Crippen LogP contribution < -0.4 is 10.6 Å². The molecule has 0 saturated carbocycles. The average Bonchev–Trinajstić information content (AvgIpc) is 2.95. The van der Waals surface area contributed by atoms with Crippen molar-refractivity contribution in [3.63, 3.8) is 0 Å². The van der Waals surface area contributed by atoms with Gasteiger partial charge in [-0.15, -0.1) is 0 Å². The van der Waals surface area contributed by atoms with Crippen LogP contribution in [-0.2, 0) is 11.2 Å². The van der Waals surface area contributed by atoms with E-state index in [0.29, 0.717) is 18.9 Å². The summed E-state index contributed by atoms with van der Waals surface area (Å²) in [5.41, 5.74) is 2.61. The first-order chi connectivity index (χ1) is 9.67. The standard InChI is InChI=1S/C15H19N3O2/c1-16-12-6-7-18(9-12)15(20)11-2-4-13-10(8-11)3-5-14(19)17-13/h2,4,8,12,16H,3,5-7,9H2,1H3,(H,17,19). The van der Waals surface area contributed by atoms with Gasteiger partial charge in [0.1, 0.15) is 0 Å². The molecule has 0 spiro atoms. The first-order valence-electron chi connectivity index (χ1n) is 7.06. The summed E-state index contributed by atoms with van der Waals surface area (Å²) < 4.78 is 0. The van der Waals surface area contributed by atoms with Crippen LogP contribution >= 0.6 is 0 Å². The number of amides is 2. The lowest BCUT2D eigenvalue weighted by atomic mass is 10.00. The molecule has 5 heteroatoms. The summed E-state index contributed by atoms with van der Waals surface area (Å²) in [6.07, 6.45) is 2.21. The van der Waals surface area contributed by atoms with Gasteiger partial charge in [-0.05, 0) is 43.7 Å². The molecule has 2 amide bonds. The molecule has 1 fully saturated rings. The molecule has 2 aliphatic rings. The maximum atomic E-state index is 12.5. The van der Waals surface area contributed by atoms with Gasteiger partial charge in [-0.1, -0.05) is 0 Å². The molecule has 2 heterocycles. The predicted molar refractivity (Wildman–Crippen MR) is 76.8 cm³/mol. The number of nitrogens with one attached hydrogen (secondary N) is 2. The zero-order chi connectivity index (χ0) is 14.1. The first-order valence-corrected chi connectivity index (χ1v) is 7.06. The van der Waals surface area contributed by atoms with Gasteiger partial charge < -0.3 is 15.5 Å². The number of benzene rings is 1. The van der Waals surface area contributed by atoms with Crippen molar-refractivity contribution in [2.75, 3.05) is 25.5 Å². The normalized spacial score (nSPS) is 21.6. The highest BCUT2D eigenvalue weighted by Gasteiger charge is 2.26. The zero-order valence-electron chi connectivity index (χ0n) is 11.6. The molecular formula is C15H19N3O2. The fourth-order valence-electron chi connectivity index (χ4n) is 2.88. The molecule has 2 aliphatic heterocycles. The van der Waals surface area contributed by atoms with Crippen molar-refractivity contribution in [2.45, 2.75) is 25.3 Å². The Morgan fingerprint density at radius 2 is 2.25 bits per heavy atom. The van der Waals surface area contributed by atoms with Gasteiger partial charge in [0.2, 0.25) is 5.91 Å². The van der Waals surface area contributed by atoms with Crippen molar-refractivity contribution < 1.29 is 9.59 Å². The average molecular weight is 273 g/mol. The van der Waals surface area contributed by atoms with Crippen molar-refractivity contribution in [3.8, 4) is 0 Å². The minimum atomic E-state index is 0.0491. The number of likely N-dealkylation sites (N-methyl/N-ethyl adjacent to an activating group) is 1. The maximum Gasteiger partial charge on any atom is 0.253 e. The van der Waals surface area contributed by atoms with E-state index in [9.17, 15) is 9.59 Å². The Balaban J connectivity index is 1.78. The molecule has 106 valence electrons. The summed E-state index contributed by atoms with van der Waals surface area (Å²) in [5.74, 6) is 0.135. The van der Waals surface area contributed by atoms with E-state index in [2.05, 4.69) is 10.6 Å². The molecule has 1 aromatic rings. The number of aryl methyl sites for hydroxylation is 1. The molecule has 1 aromatic carbocycles. The number of rotatable bonds is 2. The van der Waals surface area contributed by atoms with Crippen LogP contribution in [0.25, 0.3) is 0 Å². The Labute approximate surface area is 118 Å². The fraction of sp³-hybridized carbons (Fsp3) is 0.467. The molecule has 0 aliphatic carbocycles. The number of nitrogens with zero attached hydrogens (tertiary/aromatic N) is 1. The lowest BCUT2D eigenvalue weighted by Gasteiger charge is -2.20. The van der Waals surface area contributed by atoms with Gasteiger partial charge in [-0.25, -0.2) is 0 Å². The lowest BCUT2D eigenvalue weighted by molar-refractivity contribution is -0.116. The topological polar surface area (TPSA) is 61.4 Å². The van der Waals surface area contributed by atoms with Crippen LogP contribution in [0.3, 0.4) is 0 Å². The first kappa shape index (κ1) is 13.1. The van der Waals surface area contributed by atoms with Crippen LogP contribution in [0.1, 0.15) is 28.8 Å². The van der Waals surface area contributed by atoms with Crippen LogP contribution in [0.2, 0.25) is 0 Å². The highest BCUT2D eigenvalue weighted by Crippen LogP contribution is 2.24. The highest BCUT2D eigenvalue weighted by molar-refractivity contribution is 5.98. The van der Waals surface area contributed by atoms with Crippen molar-refractivity contribution in [1.82, 2.24) is 10.2 Å². The largest absolute Gasteiger partial charge is 0.337 e. The van der Waals surface area contributed by atoms with Gasteiger partial charge in [-0.3, -0.25) is 9.59 Å². The molecule has 1 saturated heterocycles. The summed E-state index contributed by atoms with van der Waals surface area (Å²) in [7, 11) is 1.93. The lowest BCUT2D eigenvalue weighted by Crippen LogP contribution is -2.33. The Bertz CT molecular complexity index is 556. The second-order valence-electron chi connectivity index (χ2n) is 5.45. The third-order valence-corrected chi connectivity index (χ3v) is 4.13. The number of carbonyl (C=O) groups is 2. The highest BCUT2D eigenvalue weighted by atomic mass is 16.2. The molecular weight excluding hydrogens is 254 g/mol. The minimum absolute atomic E-state index is 0.0491. The molecule has 2 N–H and O–H groups in total. The van der Waals surface area contributed by atoms with E-state index in [1.165, 1.54) is 0 Å². The van der Waals surface area contributed by atoms with E-state index in [-0.39, 0.29) is 11.8 Å². The van der Waals surface area contributed by atoms with E-state index >= 15 is 0 Å². The second kappa shape index (κ2) is 5.25. The van der Waals surface area contributed by atoms with Crippen molar-refractivity contribution in [2.24, 2.45) is 0 Å². The van der Waals surface area contributed by atoms with Crippen LogP contribution in [-0.4, -0.2) is 42.9 Å². The smallest absolute Gasteiger partial charge is 0.253 e. The van der Waals surface area contributed by atoms with Crippen LogP contribution in [0.15, 0.2) is 18.2 Å². The Morgan fingerprint density at radius 3 is 3.00 bits per heavy atom. The van der Waals surface area contributed by atoms with Crippen LogP contribution in [0.4, 0.5) is 5.69 Å². The van der Waals surface area contributed by atoms with Gasteiger partial charge >= 0.3 is 0 Å². The Morgan fingerprint density at radius 1 is 1.40 bits per heavy atom. The molecule has 3 rings (SSSR count). The molecule has 0 aromatic heterocycles. The number of carbonyl (C=O) groups excluding carboxylic acids is 2. The molecule has 1 unspecified atom stereocenters. The van der Waals surface area contributed by atoms with Gasteiger partial charge in [0, 0.05) is 36.8 Å². The number of hydrogen-bond donors (Lipinski definition) is 2. The van der Waals surface area contributed by atoms with Gasteiger partial charge in [0.25, 0.3) is 5.91 Å². The number of anilines is 1. The zero-order valence-corrected chi connectivity index (χ0v) is 11.6. The van der Waals surface area contributed by atoms with Crippen LogP contribution in [0.5, 0.6) is 0 Å². The SMILES string of the molecule is CNC1CCN(C(=O)c2ccc3c(c2)CCC(=O)N3)C1. The fourth-order valence-corrected chi connectivity index (χ4v) is 2.88. The monoisotopic (exact) mass is 273 g/mol. The minimum Gasteiger partial charge on any atom is -0.337 e. The van der Waals surface area contributed by atoms with Crippen molar-refractivity contribution in [1.29, 1.82) is 0 Å². The van der Waals surface area contributed by atoms with E-state index in [4.69, 9.17) is 0 Å². The van der Waals surface area contributed by atoms with E-state index in [1.54, 1.807) is 6.07 Å². The van der Waals surface area contributed by atoms with Crippen molar-refractivity contribution >= 4 is 17.5 Å². The van der Waals surface area contributed by atoms with Gasteiger partial charge in [-0.2, -0.15) is 0 Å². The van der Waals surface area contributed by atoms with E-state index < -0.39 is 0 Å². The third-order valence-electron chi connectivity index (χ3n) is 4.13. The molecule has 0 radical (unpaired) electrons. The summed E-state index contributed by atoms with van der Waals surface area (Å²) in [5, 5.41) is 6.05. The Hall–Kier alpha value is -1.88. The van der Waals surface area contributed by atoms with Gasteiger partial charge in [0.05, 0.1) is 0 Å². The number of likely N-dealkylation sites (tertiary alicyclic amines) is 1. The van der Waals surface area contributed by atoms with Gasteiger partial charge in [0.15, 0.2) is 0 Å². The van der Waals surface area contributed by atoms with Crippen molar-refractivity contribution in [3.05, 3.63) is 29.3 Å². The third kappa shape index (κ3) is 2.41. The quantitative estimate of drug-likeness (QED) is 0.845. The molecule has 5 nitrogen and oxygen atoms in total. The summed E-state index contributed by atoms with van der Waals surface area (Å²) >= 11 is 0. The predicted octanol–water partition coefficient (Wildman–Crippen LogP) is 1.01. The molecule has 1 atom stereocenters. The molecule has 0 bridgehead atoms. The summed E-state index contributed by atoms with van der Waals surface area (Å²) in [6, 6.07) is 5.96. The number of hydrogen-bond acceptors (Lipinski definition) is 3.